The summed E-state index contributed by atoms with van der Waals surface area (Å²) in [5.41, 5.74) is 0. The Morgan fingerprint density at radius 1 is 0.322 bits per heavy atom. The summed E-state index contributed by atoms with van der Waals surface area (Å²) in [4.78, 5) is 37.9. The van der Waals surface area contributed by atoms with Gasteiger partial charge in [-0.1, -0.05) is 245 Å². The predicted octanol–water partition coefficient (Wildman–Crippen LogP) is 17.0. The Morgan fingerprint density at radius 3 is 0.898 bits per heavy atom. The molecule has 59 heavy (non-hydrogen) atoms. The topological polar surface area (TPSA) is 78.9 Å². The van der Waals surface area contributed by atoms with Crippen LogP contribution in [0.3, 0.4) is 0 Å². The van der Waals surface area contributed by atoms with Gasteiger partial charge in [-0.05, 0) is 38.5 Å². The highest BCUT2D eigenvalue weighted by molar-refractivity contribution is 5.71. The minimum atomic E-state index is -0.766. The van der Waals surface area contributed by atoms with E-state index in [-0.39, 0.29) is 31.1 Å². The van der Waals surface area contributed by atoms with Gasteiger partial charge in [-0.25, -0.2) is 0 Å². The molecule has 0 rings (SSSR count). The second-order valence-electron chi connectivity index (χ2n) is 17.8. The molecule has 0 bridgehead atoms. The van der Waals surface area contributed by atoms with Gasteiger partial charge in [0.2, 0.25) is 0 Å². The number of hydrogen-bond donors (Lipinski definition) is 0. The van der Waals surface area contributed by atoms with Crippen molar-refractivity contribution in [3.05, 3.63) is 12.2 Å². The van der Waals surface area contributed by atoms with Crippen LogP contribution in [0.4, 0.5) is 0 Å². The van der Waals surface area contributed by atoms with Gasteiger partial charge in [0.05, 0.1) is 0 Å². The number of carbonyl (C=O) groups is 3. The number of hydrogen-bond acceptors (Lipinski definition) is 6. The first-order valence-corrected chi connectivity index (χ1v) is 26.2. The Kier molecular flexibility index (Phi) is 47.3. The number of unbranched alkanes of at least 4 members (excludes halogenated alkanes) is 35. The van der Waals surface area contributed by atoms with Crippen molar-refractivity contribution in [1.82, 2.24) is 0 Å². The molecular formula is C53H100O6. The quantitative estimate of drug-likeness (QED) is 0.0263. The fraction of sp³-hybridized carbons (Fsp3) is 0.906. The van der Waals surface area contributed by atoms with Gasteiger partial charge in [0.25, 0.3) is 0 Å². The third kappa shape index (κ3) is 47.1. The van der Waals surface area contributed by atoms with Gasteiger partial charge in [-0.15, -0.1) is 0 Å². The lowest BCUT2D eigenvalue weighted by molar-refractivity contribution is -0.167. The highest BCUT2D eigenvalue weighted by atomic mass is 16.6. The number of esters is 3. The van der Waals surface area contributed by atoms with E-state index in [1.807, 2.05) is 0 Å². The molecule has 0 saturated heterocycles. The van der Waals surface area contributed by atoms with E-state index in [2.05, 4.69) is 32.9 Å². The summed E-state index contributed by atoms with van der Waals surface area (Å²) >= 11 is 0. The Morgan fingerprint density at radius 2 is 0.576 bits per heavy atom. The maximum absolute atomic E-state index is 12.7. The number of ether oxygens (including phenoxy) is 3. The van der Waals surface area contributed by atoms with Gasteiger partial charge in [-0.2, -0.15) is 0 Å². The molecule has 0 fully saturated rings. The molecule has 0 aromatic rings. The minimum absolute atomic E-state index is 0.0683. The molecule has 0 aromatic carbocycles. The maximum Gasteiger partial charge on any atom is 0.306 e. The van der Waals surface area contributed by atoms with Gasteiger partial charge >= 0.3 is 17.9 Å². The van der Waals surface area contributed by atoms with Gasteiger partial charge in [0, 0.05) is 19.3 Å². The summed E-state index contributed by atoms with van der Waals surface area (Å²) in [6.45, 7) is 6.62. The normalized spacial score (nSPS) is 12.0. The fourth-order valence-corrected chi connectivity index (χ4v) is 7.78. The van der Waals surface area contributed by atoms with Crippen molar-refractivity contribution in [3.8, 4) is 0 Å². The Labute approximate surface area is 367 Å². The minimum Gasteiger partial charge on any atom is -0.462 e. The van der Waals surface area contributed by atoms with E-state index in [1.165, 1.54) is 186 Å². The largest absolute Gasteiger partial charge is 0.462 e. The van der Waals surface area contributed by atoms with Crippen LogP contribution in [0.25, 0.3) is 0 Å². The van der Waals surface area contributed by atoms with Crippen LogP contribution in [-0.4, -0.2) is 37.2 Å². The van der Waals surface area contributed by atoms with Gasteiger partial charge in [-0.3, -0.25) is 14.4 Å². The van der Waals surface area contributed by atoms with E-state index in [0.29, 0.717) is 19.3 Å². The molecule has 0 aliphatic heterocycles. The van der Waals surface area contributed by atoms with Crippen molar-refractivity contribution < 1.29 is 28.6 Å². The lowest BCUT2D eigenvalue weighted by Crippen LogP contribution is -2.30. The first kappa shape index (κ1) is 57.1. The monoisotopic (exact) mass is 833 g/mol. The zero-order valence-corrected chi connectivity index (χ0v) is 39.8. The number of carbonyl (C=O) groups excluding carboxylic acids is 3. The molecule has 0 spiro atoms. The Hall–Kier alpha value is -1.85. The van der Waals surface area contributed by atoms with E-state index in [4.69, 9.17) is 14.2 Å². The molecule has 0 N–H and O–H groups in total. The summed E-state index contributed by atoms with van der Waals surface area (Å²) in [6.07, 6.45) is 53.4. The van der Waals surface area contributed by atoms with Crippen LogP contribution in [-0.2, 0) is 28.6 Å². The highest BCUT2D eigenvalue weighted by Gasteiger charge is 2.19. The Balaban J connectivity index is 4.23. The van der Waals surface area contributed by atoms with Crippen molar-refractivity contribution in [2.75, 3.05) is 13.2 Å². The van der Waals surface area contributed by atoms with E-state index in [0.717, 1.165) is 64.2 Å². The molecule has 6 nitrogen and oxygen atoms in total. The van der Waals surface area contributed by atoms with Crippen LogP contribution in [0, 0.1) is 0 Å². The van der Waals surface area contributed by atoms with Crippen molar-refractivity contribution in [2.24, 2.45) is 0 Å². The SMILES string of the molecule is CCCC/C=C\CCCCCCCC(=O)OC(COC(=O)CCCCCCCCCCCCC)COC(=O)CCCCCCCCCCCCCCCCCCCCC. The first-order valence-electron chi connectivity index (χ1n) is 26.2. The van der Waals surface area contributed by atoms with E-state index in [1.54, 1.807) is 0 Å². The smallest absolute Gasteiger partial charge is 0.306 e. The second-order valence-corrected chi connectivity index (χ2v) is 17.8. The van der Waals surface area contributed by atoms with Gasteiger partial charge in [0.15, 0.2) is 6.10 Å². The van der Waals surface area contributed by atoms with Crippen LogP contribution in [0.2, 0.25) is 0 Å². The lowest BCUT2D eigenvalue weighted by atomic mass is 10.0. The number of rotatable bonds is 48. The molecular weight excluding hydrogens is 733 g/mol. The van der Waals surface area contributed by atoms with Crippen molar-refractivity contribution in [3.63, 3.8) is 0 Å². The van der Waals surface area contributed by atoms with E-state index < -0.39 is 6.10 Å². The van der Waals surface area contributed by atoms with Gasteiger partial charge in [0.1, 0.15) is 13.2 Å². The van der Waals surface area contributed by atoms with Crippen molar-refractivity contribution in [1.29, 1.82) is 0 Å². The number of allylic oxidation sites excluding steroid dienone is 2. The Bertz CT molecular complexity index is 916. The molecule has 1 unspecified atom stereocenters. The third-order valence-corrected chi connectivity index (χ3v) is 11.8. The zero-order chi connectivity index (χ0) is 43.0. The van der Waals surface area contributed by atoms with Crippen LogP contribution < -0.4 is 0 Å². The van der Waals surface area contributed by atoms with Crippen molar-refractivity contribution in [2.45, 2.75) is 297 Å². The molecule has 0 radical (unpaired) electrons. The van der Waals surface area contributed by atoms with Gasteiger partial charge < -0.3 is 14.2 Å². The lowest BCUT2D eigenvalue weighted by Gasteiger charge is -2.18. The van der Waals surface area contributed by atoms with Crippen LogP contribution >= 0.6 is 0 Å². The fourth-order valence-electron chi connectivity index (χ4n) is 7.78. The third-order valence-electron chi connectivity index (χ3n) is 11.8. The van der Waals surface area contributed by atoms with Crippen LogP contribution in [0.1, 0.15) is 290 Å². The van der Waals surface area contributed by atoms with Crippen molar-refractivity contribution >= 4 is 17.9 Å². The average molecular weight is 833 g/mol. The summed E-state index contributed by atoms with van der Waals surface area (Å²) in [5.74, 6) is -0.863. The summed E-state index contributed by atoms with van der Waals surface area (Å²) in [7, 11) is 0. The molecule has 6 heteroatoms. The molecule has 348 valence electrons. The predicted molar refractivity (Wildman–Crippen MR) is 252 cm³/mol. The molecule has 0 amide bonds. The second kappa shape index (κ2) is 48.8. The molecule has 0 saturated carbocycles. The standard InChI is InChI=1S/C53H100O6/c1-4-7-10-13-16-19-22-23-24-25-26-27-28-29-32-34-37-40-43-46-52(55)58-49-50(59-53(56)47-44-41-38-35-31-21-18-15-12-9-6-3)48-57-51(54)45-42-39-36-33-30-20-17-14-11-8-5-2/h15,18,50H,4-14,16-17,19-49H2,1-3H3/b18-15-. The zero-order valence-electron chi connectivity index (χ0n) is 39.8. The average Bonchev–Trinajstić information content (AvgIpc) is 3.23. The molecule has 0 aromatic heterocycles. The highest BCUT2D eigenvalue weighted by Crippen LogP contribution is 2.16. The summed E-state index contributed by atoms with van der Waals surface area (Å²) in [6, 6.07) is 0. The van der Waals surface area contributed by atoms with E-state index in [9.17, 15) is 14.4 Å². The van der Waals surface area contributed by atoms with Crippen LogP contribution in [0.15, 0.2) is 12.2 Å². The van der Waals surface area contributed by atoms with E-state index >= 15 is 0 Å². The first-order chi connectivity index (χ1) is 29.0. The molecule has 1 atom stereocenters. The molecule has 0 aliphatic rings. The molecule has 0 aliphatic carbocycles. The maximum atomic E-state index is 12.7. The summed E-state index contributed by atoms with van der Waals surface area (Å²) < 4.78 is 16.8. The molecule has 0 heterocycles. The van der Waals surface area contributed by atoms with Crippen LogP contribution in [0.5, 0.6) is 0 Å². The summed E-state index contributed by atoms with van der Waals surface area (Å²) in [5, 5.41) is 0.